The van der Waals surface area contributed by atoms with Gasteiger partial charge in [-0.2, -0.15) is 0 Å². The van der Waals surface area contributed by atoms with Crippen molar-refractivity contribution in [3.63, 3.8) is 0 Å². The summed E-state index contributed by atoms with van der Waals surface area (Å²) >= 11 is 0. The third-order valence-electron chi connectivity index (χ3n) is 2.61. The number of nitro groups is 2. The minimum Gasteiger partial charge on any atom is -0.490 e. The zero-order chi connectivity index (χ0) is 14.6. The minimum absolute atomic E-state index is 0.106. The van der Waals surface area contributed by atoms with Gasteiger partial charge >= 0.3 is 11.4 Å². The van der Waals surface area contributed by atoms with Crippen LogP contribution in [0.15, 0.2) is 12.1 Å². The van der Waals surface area contributed by atoms with Crippen molar-refractivity contribution in [2.24, 2.45) is 0 Å². The van der Waals surface area contributed by atoms with Gasteiger partial charge in [0.25, 0.3) is 0 Å². The fourth-order valence-corrected chi connectivity index (χ4v) is 1.69. The van der Waals surface area contributed by atoms with Gasteiger partial charge in [0, 0.05) is 12.1 Å². The molecule has 0 amide bonds. The van der Waals surface area contributed by atoms with Gasteiger partial charge < -0.3 is 9.64 Å². The van der Waals surface area contributed by atoms with E-state index >= 15 is 0 Å². The fourth-order valence-electron chi connectivity index (χ4n) is 1.69. The molecule has 1 aromatic rings. The summed E-state index contributed by atoms with van der Waals surface area (Å²) < 4.78 is 4.82. The highest BCUT2D eigenvalue weighted by atomic mass is 16.6. The molecule has 0 heterocycles. The molecule has 0 aliphatic heterocycles. The van der Waals surface area contributed by atoms with E-state index in [0.29, 0.717) is 18.5 Å². The molecule has 1 rings (SSSR count). The standard InChI is InChI=1S/C11H15N3O5/c1-12(2)7-6-8-4-5-9(19-3)11(14(17)18)10(8)13(15)16/h4-5H,6-7H2,1-3H3. The van der Waals surface area contributed by atoms with Gasteiger partial charge in [-0.25, -0.2) is 0 Å². The van der Waals surface area contributed by atoms with Crippen molar-refractivity contribution in [1.29, 1.82) is 0 Å². The number of benzene rings is 1. The first-order valence-electron chi connectivity index (χ1n) is 5.51. The third-order valence-corrected chi connectivity index (χ3v) is 2.61. The lowest BCUT2D eigenvalue weighted by atomic mass is 10.1. The van der Waals surface area contributed by atoms with E-state index in [4.69, 9.17) is 4.74 Å². The molecule has 0 aromatic heterocycles. The van der Waals surface area contributed by atoms with Crippen LogP contribution in [0, 0.1) is 20.2 Å². The molecule has 0 aliphatic rings. The van der Waals surface area contributed by atoms with Gasteiger partial charge in [0.05, 0.1) is 17.0 Å². The Labute approximate surface area is 109 Å². The molecular weight excluding hydrogens is 254 g/mol. The van der Waals surface area contributed by atoms with Crippen LogP contribution < -0.4 is 4.74 Å². The van der Waals surface area contributed by atoms with Crippen LogP contribution in [-0.2, 0) is 6.42 Å². The zero-order valence-electron chi connectivity index (χ0n) is 11.0. The summed E-state index contributed by atoms with van der Waals surface area (Å²) in [6.45, 7) is 0.560. The maximum absolute atomic E-state index is 11.1. The van der Waals surface area contributed by atoms with Gasteiger partial charge in [0.2, 0.25) is 5.75 Å². The molecule has 0 fully saturated rings. The first kappa shape index (κ1) is 14.8. The number of methoxy groups -OCH3 is 1. The maximum Gasteiger partial charge on any atom is 0.387 e. The third kappa shape index (κ3) is 3.38. The molecule has 104 valence electrons. The van der Waals surface area contributed by atoms with Crippen LogP contribution in [0.1, 0.15) is 5.56 Å². The minimum atomic E-state index is -0.782. The fraction of sp³-hybridized carbons (Fsp3) is 0.455. The molecule has 0 radical (unpaired) electrons. The van der Waals surface area contributed by atoms with E-state index in [2.05, 4.69) is 0 Å². The first-order chi connectivity index (χ1) is 8.88. The summed E-state index contributed by atoms with van der Waals surface area (Å²) in [6, 6.07) is 2.88. The Morgan fingerprint density at radius 2 is 1.74 bits per heavy atom. The Balaban J connectivity index is 3.36. The smallest absolute Gasteiger partial charge is 0.387 e. The molecule has 0 N–H and O–H groups in total. The van der Waals surface area contributed by atoms with E-state index < -0.39 is 21.2 Å². The van der Waals surface area contributed by atoms with Crippen LogP contribution in [0.5, 0.6) is 5.75 Å². The van der Waals surface area contributed by atoms with Crippen molar-refractivity contribution in [1.82, 2.24) is 4.90 Å². The van der Waals surface area contributed by atoms with E-state index in [-0.39, 0.29) is 5.75 Å². The van der Waals surface area contributed by atoms with Gasteiger partial charge in [0.1, 0.15) is 0 Å². The van der Waals surface area contributed by atoms with Crippen molar-refractivity contribution in [2.75, 3.05) is 27.7 Å². The van der Waals surface area contributed by atoms with Gasteiger partial charge in [-0.1, -0.05) is 0 Å². The lowest BCUT2D eigenvalue weighted by Gasteiger charge is -2.10. The summed E-state index contributed by atoms with van der Waals surface area (Å²) in [5, 5.41) is 22.1. The summed E-state index contributed by atoms with van der Waals surface area (Å²) in [4.78, 5) is 22.4. The van der Waals surface area contributed by atoms with Gasteiger partial charge in [-0.15, -0.1) is 0 Å². The van der Waals surface area contributed by atoms with Crippen LogP contribution >= 0.6 is 0 Å². The van der Waals surface area contributed by atoms with Crippen molar-refractivity contribution in [2.45, 2.75) is 6.42 Å². The molecule has 0 spiro atoms. The number of ether oxygens (including phenoxy) is 1. The van der Waals surface area contributed by atoms with E-state index in [1.165, 1.54) is 19.2 Å². The summed E-state index contributed by atoms with van der Waals surface area (Å²) in [5.74, 6) is -0.106. The first-order valence-corrected chi connectivity index (χ1v) is 5.51. The van der Waals surface area contributed by atoms with Crippen LogP contribution in [0.3, 0.4) is 0 Å². The molecule has 0 aliphatic carbocycles. The monoisotopic (exact) mass is 269 g/mol. The van der Waals surface area contributed by atoms with Crippen molar-refractivity contribution in [3.8, 4) is 5.75 Å². The van der Waals surface area contributed by atoms with Gasteiger partial charge in [0.15, 0.2) is 0 Å². The molecule has 8 nitrogen and oxygen atoms in total. The van der Waals surface area contributed by atoms with Crippen LogP contribution in [-0.4, -0.2) is 42.5 Å². The van der Waals surface area contributed by atoms with Crippen LogP contribution in [0.4, 0.5) is 11.4 Å². The second-order valence-corrected chi connectivity index (χ2v) is 4.19. The average molecular weight is 269 g/mol. The molecule has 1 aromatic carbocycles. The van der Waals surface area contributed by atoms with E-state index in [9.17, 15) is 20.2 Å². The Hall–Kier alpha value is -2.22. The quantitative estimate of drug-likeness (QED) is 0.574. The molecule has 19 heavy (non-hydrogen) atoms. The number of nitrogens with zero attached hydrogens (tertiary/aromatic N) is 3. The Kier molecular flexibility index (Phi) is 4.76. The lowest BCUT2D eigenvalue weighted by Crippen LogP contribution is -2.16. The topological polar surface area (TPSA) is 98.8 Å². The summed E-state index contributed by atoms with van der Waals surface area (Å²) in [7, 11) is 4.89. The number of nitro benzene ring substituents is 2. The lowest BCUT2D eigenvalue weighted by molar-refractivity contribution is -0.423. The molecule has 8 heteroatoms. The average Bonchev–Trinajstić information content (AvgIpc) is 2.34. The number of hydrogen-bond acceptors (Lipinski definition) is 6. The predicted molar refractivity (Wildman–Crippen MR) is 68.6 cm³/mol. The molecular formula is C11H15N3O5. The normalized spacial score (nSPS) is 10.5. The van der Waals surface area contributed by atoms with Crippen molar-refractivity contribution in [3.05, 3.63) is 37.9 Å². The second-order valence-electron chi connectivity index (χ2n) is 4.19. The largest absolute Gasteiger partial charge is 0.490 e. The highest BCUT2D eigenvalue weighted by molar-refractivity contribution is 5.65. The van der Waals surface area contributed by atoms with Crippen LogP contribution in [0.2, 0.25) is 0 Å². The summed E-state index contributed by atoms with van der Waals surface area (Å²) in [5.41, 5.74) is -0.763. The van der Waals surface area contributed by atoms with Crippen LogP contribution in [0.25, 0.3) is 0 Å². The zero-order valence-corrected chi connectivity index (χ0v) is 11.0. The van der Waals surface area contributed by atoms with Crippen molar-refractivity contribution < 1.29 is 14.6 Å². The number of rotatable bonds is 6. The number of hydrogen-bond donors (Lipinski definition) is 0. The second kappa shape index (κ2) is 6.10. The molecule has 0 atom stereocenters. The molecule has 0 bridgehead atoms. The predicted octanol–water partition coefficient (Wildman–Crippen LogP) is 1.62. The van der Waals surface area contributed by atoms with E-state index in [0.717, 1.165) is 0 Å². The number of likely N-dealkylation sites (N-methyl/N-ethyl adjacent to an activating group) is 1. The SMILES string of the molecule is COc1ccc(CCN(C)C)c([N+](=O)[O-])c1[N+](=O)[O-]. The molecule has 0 saturated heterocycles. The van der Waals surface area contributed by atoms with E-state index in [1.54, 1.807) is 0 Å². The Morgan fingerprint density at radius 1 is 1.16 bits per heavy atom. The highest BCUT2D eigenvalue weighted by Gasteiger charge is 2.33. The molecule has 0 saturated carbocycles. The van der Waals surface area contributed by atoms with Gasteiger partial charge in [-0.3, -0.25) is 20.2 Å². The summed E-state index contributed by atoms with van der Waals surface area (Å²) in [6.07, 6.45) is 0.355. The Morgan fingerprint density at radius 3 is 2.16 bits per heavy atom. The maximum atomic E-state index is 11.1. The Bertz CT molecular complexity index is 501. The van der Waals surface area contributed by atoms with Crippen molar-refractivity contribution >= 4 is 11.4 Å². The van der Waals surface area contributed by atoms with Gasteiger partial charge in [-0.05, 0) is 32.6 Å². The van der Waals surface area contributed by atoms with E-state index in [1.807, 2.05) is 19.0 Å². The molecule has 0 unspecified atom stereocenters. The highest BCUT2D eigenvalue weighted by Crippen LogP contribution is 2.39.